The van der Waals surface area contributed by atoms with Gasteiger partial charge in [-0.25, -0.2) is 14.8 Å². The summed E-state index contributed by atoms with van der Waals surface area (Å²) in [6, 6.07) is 2.69. The largest absolute Gasteiger partial charge is 0.481 e. The number of aromatic nitrogens is 4. The fourth-order valence-electron chi connectivity index (χ4n) is 5.85. The predicted octanol–water partition coefficient (Wildman–Crippen LogP) is -1.49. The van der Waals surface area contributed by atoms with E-state index in [1.807, 2.05) is 0 Å². The van der Waals surface area contributed by atoms with Crippen molar-refractivity contribution < 1.29 is 58.5 Å². The number of nitrogen functional groups attached to an aromatic ring is 1. The quantitative estimate of drug-likeness (QED) is 0.0491. The Balaban J connectivity index is 1.28. The van der Waals surface area contributed by atoms with E-state index in [9.17, 15) is 63.3 Å². The summed E-state index contributed by atoms with van der Waals surface area (Å²) in [4.78, 5) is 139. The molecule has 1 aliphatic heterocycles. The van der Waals surface area contributed by atoms with Crippen LogP contribution in [0.25, 0.3) is 11.2 Å². The van der Waals surface area contributed by atoms with Gasteiger partial charge in [-0.2, -0.15) is 4.98 Å². The Kier molecular flexibility index (Phi) is 15.9. The van der Waals surface area contributed by atoms with Crippen LogP contribution >= 0.6 is 11.8 Å². The lowest BCUT2D eigenvalue weighted by molar-refractivity contribution is -0.144. The smallest absolute Gasteiger partial charge is 0.326 e. The lowest BCUT2D eigenvalue weighted by atomic mass is 9.95. The van der Waals surface area contributed by atoms with Crippen molar-refractivity contribution in [1.29, 1.82) is 0 Å². The maximum absolute atomic E-state index is 13.1. The zero-order valence-corrected chi connectivity index (χ0v) is 32.7. The predicted molar refractivity (Wildman–Crippen MR) is 210 cm³/mol. The van der Waals surface area contributed by atoms with Crippen molar-refractivity contribution in [1.82, 2.24) is 35.5 Å². The summed E-state index contributed by atoms with van der Waals surface area (Å²) in [5.41, 5.74) is 11.8. The molecule has 23 nitrogen and oxygen atoms in total. The van der Waals surface area contributed by atoms with Gasteiger partial charge in [-0.1, -0.05) is 0 Å². The van der Waals surface area contributed by atoms with E-state index < -0.39 is 120 Å². The molecule has 0 bridgehead atoms. The normalized spacial score (nSPS) is 15.8. The number of amides is 4. The number of likely N-dealkylation sites (tertiary alicyclic amines) is 1. The van der Waals surface area contributed by atoms with Gasteiger partial charge in [-0.05, 0) is 30.7 Å². The van der Waals surface area contributed by atoms with Gasteiger partial charge in [0, 0.05) is 56.3 Å². The number of nitrogens with one attached hydrogen (secondary N) is 4. The number of Topliss-reactive ketones (excluding diaryl/α,β-unsaturated/α-hetero) is 2. The van der Waals surface area contributed by atoms with Crippen LogP contribution in [-0.4, -0.2) is 130 Å². The number of rotatable bonds is 23. The van der Waals surface area contributed by atoms with Crippen molar-refractivity contribution in [3.63, 3.8) is 0 Å². The molecule has 5 atom stereocenters. The summed E-state index contributed by atoms with van der Waals surface area (Å²) >= 11 is 0.865. The molecule has 1 fully saturated rings. The number of carbonyl (C=O) groups is 9. The molecule has 0 radical (unpaired) electrons. The molecule has 4 rings (SSSR count). The minimum Gasteiger partial charge on any atom is -0.481 e. The first-order chi connectivity index (χ1) is 28.4. The second-order valence-corrected chi connectivity index (χ2v) is 14.9. The van der Waals surface area contributed by atoms with E-state index in [0.717, 1.165) is 16.7 Å². The van der Waals surface area contributed by atoms with Crippen LogP contribution in [0.3, 0.4) is 0 Å². The van der Waals surface area contributed by atoms with Crippen molar-refractivity contribution in [2.24, 2.45) is 17.6 Å². The number of hydrogen-bond donors (Lipinski definition) is 9. The summed E-state index contributed by atoms with van der Waals surface area (Å²) in [6.45, 7) is -0.294. The molecule has 320 valence electrons. The van der Waals surface area contributed by atoms with Crippen LogP contribution in [0.2, 0.25) is 0 Å². The van der Waals surface area contributed by atoms with Gasteiger partial charge >= 0.3 is 17.9 Å². The topological polar surface area (TPSA) is 377 Å². The molecular weight excluding hydrogens is 813 g/mol. The highest BCUT2D eigenvalue weighted by Gasteiger charge is 2.38. The Morgan fingerprint density at radius 2 is 1.63 bits per heavy atom. The molecule has 0 aliphatic carbocycles. The second-order valence-electron chi connectivity index (χ2n) is 13.7. The zero-order valence-electron chi connectivity index (χ0n) is 31.9. The van der Waals surface area contributed by atoms with Gasteiger partial charge in [0.15, 0.2) is 16.9 Å². The van der Waals surface area contributed by atoms with Crippen molar-refractivity contribution >= 4 is 87.7 Å². The molecule has 0 saturated carbocycles. The number of ketones is 2. The molecule has 4 amide bonds. The van der Waals surface area contributed by atoms with E-state index in [4.69, 9.17) is 11.5 Å². The van der Waals surface area contributed by atoms with Gasteiger partial charge < -0.3 is 42.7 Å². The summed E-state index contributed by atoms with van der Waals surface area (Å²) < 4.78 is 0. The Labute approximate surface area is 343 Å². The van der Waals surface area contributed by atoms with Crippen molar-refractivity contribution in [2.75, 3.05) is 30.4 Å². The van der Waals surface area contributed by atoms with Crippen molar-refractivity contribution in [3.8, 4) is 0 Å². The number of carboxylic acids is 3. The number of aromatic amines is 1. The van der Waals surface area contributed by atoms with Gasteiger partial charge in [-0.15, -0.1) is 11.8 Å². The molecule has 2 aromatic heterocycles. The molecule has 1 aromatic carbocycles. The number of anilines is 2. The van der Waals surface area contributed by atoms with Gasteiger partial charge in [0.05, 0.1) is 48.0 Å². The number of benzene rings is 1. The van der Waals surface area contributed by atoms with Crippen LogP contribution in [-0.2, 0) is 44.9 Å². The molecule has 60 heavy (non-hydrogen) atoms. The third-order valence-corrected chi connectivity index (χ3v) is 10.6. The Morgan fingerprint density at radius 1 is 0.933 bits per heavy atom. The number of hydrogen-bond acceptors (Lipinski definition) is 17. The molecule has 1 unspecified atom stereocenters. The molecule has 3 heterocycles. The fourth-order valence-corrected chi connectivity index (χ4v) is 7.14. The third-order valence-electron chi connectivity index (χ3n) is 9.27. The Hall–Kier alpha value is -6.82. The highest BCUT2D eigenvalue weighted by Crippen LogP contribution is 2.27. The van der Waals surface area contributed by atoms with Gasteiger partial charge in [0.1, 0.15) is 11.8 Å². The number of nitrogens with zero attached hydrogens (tertiary/aromatic N) is 4. The minimum absolute atomic E-state index is 0.00324. The van der Waals surface area contributed by atoms with Crippen LogP contribution in [0.15, 0.2) is 35.3 Å². The molecule has 24 heteroatoms. The number of carbonyl (C=O) groups excluding carboxylic acids is 6. The highest BCUT2D eigenvalue weighted by atomic mass is 32.2. The van der Waals surface area contributed by atoms with Crippen LogP contribution in [0, 0.1) is 11.8 Å². The van der Waals surface area contributed by atoms with E-state index in [-0.39, 0.29) is 47.8 Å². The van der Waals surface area contributed by atoms with Crippen molar-refractivity contribution in [3.05, 3.63) is 52.1 Å². The molecular formula is C36H42N10O13S. The van der Waals surface area contributed by atoms with Crippen LogP contribution in [0.5, 0.6) is 0 Å². The number of thioether (sulfide) groups is 1. The van der Waals surface area contributed by atoms with E-state index in [2.05, 4.69) is 35.9 Å². The SMILES string of the molecule is CN1C(=O)CC(SC[C@H](CC(=O)[C@H](CC(=O)O)NC(=O)[C@H](CN)CC(=O)CC[C@H](NC(=O)c2ccc(NCc3cnc4nc(N)[nH]c(=O)c4n3)cc2)C(=O)O)C(=O)O)C1=O. The summed E-state index contributed by atoms with van der Waals surface area (Å²) in [7, 11) is 1.29. The van der Waals surface area contributed by atoms with Crippen LogP contribution < -0.4 is 33.0 Å². The average molecular weight is 855 g/mol. The summed E-state index contributed by atoms with van der Waals surface area (Å²) in [6.07, 6.45) is -1.71. The number of nitrogens with two attached hydrogens (primary N) is 2. The zero-order chi connectivity index (χ0) is 44.3. The summed E-state index contributed by atoms with van der Waals surface area (Å²) in [5.74, 6) is -11.7. The number of aliphatic carboxylic acids is 3. The third kappa shape index (κ3) is 12.6. The number of imide groups is 1. The monoisotopic (exact) mass is 854 g/mol. The van der Waals surface area contributed by atoms with E-state index in [1.54, 1.807) is 0 Å². The van der Waals surface area contributed by atoms with Crippen LogP contribution in [0.1, 0.15) is 54.6 Å². The highest BCUT2D eigenvalue weighted by molar-refractivity contribution is 8.00. The van der Waals surface area contributed by atoms with E-state index in [0.29, 0.717) is 11.4 Å². The minimum atomic E-state index is -1.70. The lowest BCUT2D eigenvalue weighted by Gasteiger charge is -2.22. The summed E-state index contributed by atoms with van der Waals surface area (Å²) in [5, 5.41) is 35.6. The first-order valence-corrected chi connectivity index (χ1v) is 19.2. The Bertz CT molecular complexity index is 2240. The molecule has 1 saturated heterocycles. The van der Waals surface area contributed by atoms with E-state index >= 15 is 0 Å². The molecule has 11 N–H and O–H groups in total. The lowest BCUT2D eigenvalue weighted by Crippen LogP contribution is -2.47. The number of fused-ring (bicyclic) bond motifs is 1. The first kappa shape index (κ1) is 45.9. The maximum atomic E-state index is 13.1. The fraction of sp³-hybridized carbons (Fsp3) is 0.417. The van der Waals surface area contributed by atoms with Gasteiger partial charge in [-0.3, -0.25) is 53.0 Å². The second kappa shape index (κ2) is 20.7. The first-order valence-electron chi connectivity index (χ1n) is 18.2. The molecule has 3 aromatic rings. The van der Waals surface area contributed by atoms with Crippen molar-refractivity contribution in [2.45, 2.75) is 62.4 Å². The van der Waals surface area contributed by atoms with Gasteiger partial charge in [0.25, 0.3) is 11.5 Å². The van der Waals surface area contributed by atoms with Crippen LogP contribution in [0.4, 0.5) is 11.6 Å². The molecule has 0 spiro atoms. The van der Waals surface area contributed by atoms with Gasteiger partial charge in [0.2, 0.25) is 23.7 Å². The number of carboxylic acid groups (broad SMARTS) is 3. The van der Waals surface area contributed by atoms with E-state index in [1.165, 1.54) is 37.5 Å². The number of H-pyrrole nitrogens is 1. The average Bonchev–Trinajstić information content (AvgIpc) is 3.44. The molecule has 1 aliphatic rings. The Morgan fingerprint density at radius 3 is 2.23 bits per heavy atom. The maximum Gasteiger partial charge on any atom is 0.326 e. The standard InChI is InChI=1S/C36H42N10O13S/c1-46-26(49)11-25(33(46)55)60-15-18(34(56)57)9-24(48)23(10-27(50)51)43-31(53)17(12-37)8-21(47)6-7-22(35(58)59)42-30(52)16-2-4-19(5-3-16)39-13-20-14-40-29-28(41-20)32(54)45-36(38)44-29/h2-5,14,17-18,22-23,25,39H,6-13,15,37H2,1H3,(H,42,52)(H,43,53)(H,50,51)(H,56,57)(H,58,59)(H3,38,40,44,45,54)/t17-,18-,22-,23-,25?/m0/s1.